The summed E-state index contributed by atoms with van der Waals surface area (Å²) in [6.45, 7) is 8.14. The molecule has 0 unspecified atom stereocenters. The molecule has 98 valence electrons. The highest BCUT2D eigenvalue weighted by molar-refractivity contribution is 6.02. The first-order valence-corrected chi connectivity index (χ1v) is 6.32. The van der Waals surface area contributed by atoms with Gasteiger partial charge in [-0.2, -0.15) is 0 Å². The maximum absolute atomic E-state index is 12.6. The number of benzene rings is 1. The van der Waals surface area contributed by atoms with Crippen LogP contribution < -0.4 is 0 Å². The highest BCUT2D eigenvalue weighted by Gasteiger charge is 2.22. The van der Waals surface area contributed by atoms with Gasteiger partial charge in [-0.3, -0.25) is 9.79 Å². The van der Waals surface area contributed by atoms with Crippen LogP contribution in [0.25, 0.3) is 0 Å². The zero-order valence-corrected chi connectivity index (χ0v) is 11.8. The number of aliphatic imine (C=N–C) groups is 1. The molecule has 0 radical (unpaired) electrons. The van der Waals surface area contributed by atoms with Gasteiger partial charge >= 0.3 is 0 Å². The smallest absolute Gasteiger partial charge is 0.254 e. The highest BCUT2D eigenvalue weighted by Crippen LogP contribution is 2.15. The van der Waals surface area contributed by atoms with Gasteiger partial charge in [0.05, 0.1) is 0 Å². The normalized spacial score (nSPS) is 11.5. The maximum atomic E-state index is 12.6. The van der Waals surface area contributed by atoms with Crippen molar-refractivity contribution in [3.8, 4) is 0 Å². The Morgan fingerprint density at radius 3 is 2.22 bits per heavy atom. The van der Waals surface area contributed by atoms with Crippen molar-refractivity contribution in [1.29, 1.82) is 0 Å². The lowest BCUT2D eigenvalue weighted by Crippen LogP contribution is -2.42. The Balaban J connectivity index is 3.16. The van der Waals surface area contributed by atoms with Crippen molar-refractivity contribution in [1.82, 2.24) is 4.90 Å². The number of carbonyl (C=O) groups excluding carboxylic acids is 1. The number of hydrogen-bond acceptors (Lipinski definition) is 2. The Hall–Kier alpha value is -1.64. The minimum Gasteiger partial charge on any atom is -0.334 e. The Kier molecular flexibility index (Phi) is 5.08. The summed E-state index contributed by atoms with van der Waals surface area (Å²) in [5.74, 6) is 0.0653. The summed E-state index contributed by atoms with van der Waals surface area (Å²) < 4.78 is 0. The molecule has 18 heavy (non-hydrogen) atoms. The molecule has 1 rings (SSSR count). The fraction of sp³-hybridized carbons (Fsp3) is 0.467. The molecule has 3 nitrogen and oxygen atoms in total. The van der Waals surface area contributed by atoms with Gasteiger partial charge in [0.15, 0.2) is 0 Å². The zero-order valence-electron chi connectivity index (χ0n) is 11.8. The Morgan fingerprint density at radius 1 is 1.17 bits per heavy atom. The number of hydrogen-bond donors (Lipinski definition) is 0. The van der Waals surface area contributed by atoms with Gasteiger partial charge in [0.2, 0.25) is 0 Å². The van der Waals surface area contributed by atoms with Crippen molar-refractivity contribution in [2.24, 2.45) is 4.99 Å². The van der Waals surface area contributed by atoms with E-state index in [0.717, 1.165) is 5.56 Å². The second-order valence-corrected chi connectivity index (χ2v) is 4.87. The lowest BCUT2D eigenvalue weighted by atomic mass is 10.1. The molecule has 1 aromatic carbocycles. The van der Waals surface area contributed by atoms with E-state index in [9.17, 15) is 4.79 Å². The molecule has 0 aliphatic heterocycles. The molecule has 0 aromatic heterocycles. The first kappa shape index (κ1) is 14.4. The average molecular weight is 246 g/mol. The van der Waals surface area contributed by atoms with Gasteiger partial charge in [0.1, 0.15) is 0 Å². The molecule has 0 saturated heterocycles. The quantitative estimate of drug-likeness (QED) is 0.752. The van der Waals surface area contributed by atoms with Crippen LogP contribution in [-0.4, -0.2) is 36.2 Å². The van der Waals surface area contributed by atoms with Crippen LogP contribution in [0.5, 0.6) is 0 Å². The molecule has 0 saturated carbocycles. The van der Waals surface area contributed by atoms with Crippen molar-refractivity contribution in [2.45, 2.75) is 39.8 Å². The Morgan fingerprint density at radius 2 is 1.72 bits per heavy atom. The predicted molar refractivity (Wildman–Crippen MR) is 76.4 cm³/mol. The second-order valence-electron chi connectivity index (χ2n) is 4.87. The topological polar surface area (TPSA) is 32.7 Å². The van der Waals surface area contributed by atoms with Gasteiger partial charge in [0.25, 0.3) is 5.91 Å². The van der Waals surface area contributed by atoms with E-state index in [2.05, 4.69) is 4.99 Å². The second kappa shape index (κ2) is 6.34. The van der Waals surface area contributed by atoms with Gasteiger partial charge < -0.3 is 4.90 Å². The summed E-state index contributed by atoms with van der Waals surface area (Å²) in [6, 6.07) is 7.95. The van der Waals surface area contributed by atoms with Crippen molar-refractivity contribution in [2.75, 3.05) is 7.05 Å². The number of rotatable bonds is 4. The standard InChI is InChI=1S/C15H22N2O/c1-11(2)17(12(3)4)15(18)14-9-7-6-8-13(14)10-16-5/h6-12H,1-5H3. The van der Waals surface area contributed by atoms with E-state index in [1.165, 1.54) is 0 Å². The molecule has 0 aliphatic carbocycles. The van der Waals surface area contributed by atoms with E-state index in [1.807, 2.05) is 56.9 Å². The molecule has 0 bridgehead atoms. The molecule has 0 fully saturated rings. The van der Waals surface area contributed by atoms with Gasteiger partial charge in [-0.05, 0) is 33.8 Å². The number of amides is 1. The van der Waals surface area contributed by atoms with Crippen LogP contribution in [0.3, 0.4) is 0 Å². The molecule has 0 spiro atoms. The fourth-order valence-electron chi connectivity index (χ4n) is 2.15. The minimum absolute atomic E-state index is 0.0653. The van der Waals surface area contributed by atoms with E-state index < -0.39 is 0 Å². The lowest BCUT2D eigenvalue weighted by molar-refractivity contribution is 0.0643. The van der Waals surface area contributed by atoms with E-state index >= 15 is 0 Å². The average Bonchev–Trinajstić information content (AvgIpc) is 2.29. The fourth-order valence-corrected chi connectivity index (χ4v) is 2.15. The first-order chi connectivity index (χ1) is 8.49. The third-order valence-corrected chi connectivity index (χ3v) is 2.81. The van der Waals surface area contributed by atoms with Gasteiger partial charge in [-0.25, -0.2) is 0 Å². The van der Waals surface area contributed by atoms with Gasteiger partial charge in [-0.15, -0.1) is 0 Å². The van der Waals surface area contributed by atoms with Crippen molar-refractivity contribution < 1.29 is 4.79 Å². The van der Waals surface area contributed by atoms with Gasteiger partial charge in [0, 0.05) is 36.5 Å². The summed E-state index contributed by atoms with van der Waals surface area (Å²) in [4.78, 5) is 18.5. The third kappa shape index (κ3) is 3.19. The van der Waals surface area contributed by atoms with Crippen LogP contribution in [0.15, 0.2) is 29.3 Å². The van der Waals surface area contributed by atoms with Crippen molar-refractivity contribution in [3.05, 3.63) is 35.4 Å². The summed E-state index contributed by atoms with van der Waals surface area (Å²) in [5.41, 5.74) is 1.59. The Bertz CT molecular complexity index is 428. The van der Waals surface area contributed by atoms with E-state index in [-0.39, 0.29) is 18.0 Å². The molecule has 0 N–H and O–H groups in total. The minimum atomic E-state index is 0.0653. The molecule has 3 heteroatoms. The van der Waals surface area contributed by atoms with Crippen LogP contribution in [-0.2, 0) is 0 Å². The maximum Gasteiger partial charge on any atom is 0.254 e. The molecule has 0 atom stereocenters. The predicted octanol–water partition coefficient (Wildman–Crippen LogP) is 2.99. The van der Waals surface area contributed by atoms with Crippen molar-refractivity contribution in [3.63, 3.8) is 0 Å². The molecular formula is C15H22N2O. The SMILES string of the molecule is CN=Cc1ccccc1C(=O)N(C(C)C)C(C)C. The van der Waals surface area contributed by atoms with Crippen LogP contribution in [0.2, 0.25) is 0 Å². The monoisotopic (exact) mass is 246 g/mol. The molecule has 0 heterocycles. The van der Waals surface area contributed by atoms with Crippen LogP contribution >= 0.6 is 0 Å². The summed E-state index contributed by atoms with van der Waals surface area (Å²) >= 11 is 0. The summed E-state index contributed by atoms with van der Waals surface area (Å²) in [5, 5.41) is 0. The number of nitrogens with zero attached hydrogens (tertiary/aromatic N) is 2. The van der Waals surface area contributed by atoms with Crippen molar-refractivity contribution >= 4 is 12.1 Å². The lowest BCUT2D eigenvalue weighted by Gasteiger charge is -2.31. The van der Waals surface area contributed by atoms with E-state index in [0.29, 0.717) is 5.56 Å². The third-order valence-electron chi connectivity index (χ3n) is 2.81. The first-order valence-electron chi connectivity index (χ1n) is 6.32. The molecule has 1 aromatic rings. The van der Waals surface area contributed by atoms with Crippen LogP contribution in [0.1, 0.15) is 43.6 Å². The summed E-state index contributed by atoms with van der Waals surface area (Å²) in [7, 11) is 1.71. The van der Waals surface area contributed by atoms with E-state index in [1.54, 1.807) is 13.3 Å². The van der Waals surface area contributed by atoms with Crippen LogP contribution in [0, 0.1) is 0 Å². The van der Waals surface area contributed by atoms with Crippen LogP contribution in [0.4, 0.5) is 0 Å². The molecule has 0 aliphatic rings. The number of carbonyl (C=O) groups is 1. The summed E-state index contributed by atoms with van der Waals surface area (Å²) in [6.07, 6.45) is 1.73. The van der Waals surface area contributed by atoms with Gasteiger partial charge in [-0.1, -0.05) is 18.2 Å². The zero-order chi connectivity index (χ0) is 13.7. The largest absolute Gasteiger partial charge is 0.334 e. The Labute approximate surface area is 110 Å². The highest BCUT2D eigenvalue weighted by atomic mass is 16.2. The van der Waals surface area contributed by atoms with E-state index in [4.69, 9.17) is 0 Å². The molecular weight excluding hydrogens is 224 g/mol. The molecule has 1 amide bonds.